The standard InChI is InChI=1S/C34H38N2O5S/c1-36(31-13-17-40-18-14-31)23-24-5-9-30(10-6-24)35-34(37)28-15-19-42(38,39)33-12-8-26(21-29(33)22-28)25-7-11-32-27(20-25)4-2-3-16-41-32/h5-12,20-22,31H,2-4,13-19,23H2,1H3,(H,35,37). The van der Waals surface area contributed by atoms with Crippen LogP contribution in [-0.4, -0.2) is 57.9 Å². The van der Waals surface area contributed by atoms with Crippen LogP contribution >= 0.6 is 0 Å². The number of fused-ring (bicyclic) bond motifs is 2. The Balaban J connectivity index is 1.20. The number of ether oxygens (including phenoxy) is 2. The summed E-state index contributed by atoms with van der Waals surface area (Å²) >= 11 is 0. The third-order valence-corrected chi connectivity index (χ3v) is 10.3. The summed E-state index contributed by atoms with van der Waals surface area (Å²) < 4.78 is 37.6. The maximum atomic E-state index is 13.4. The minimum absolute atomic E-state index is 0.105. The Labute approximate surface area is 248 Å². The number of hydrogen-bond acceptors (Lipinski definition) is 6. The number of carbonyl (C=O) groups is 1. The van der Waals surface area contributed by atoms with E-state index in [0.717, 1.165) is 75.3 Å². The number of rotatable bonds is 6. The van der Waals surface area contributed by atoms with Gasteiger partial charge in [-0.15, -0.1) is 0 Å². The quantitative estimate of drug-likeness (QED) is 0.389. The van der Waals surface area contributed by atoms with Crippen molar-refractivity contribution in [2.75, 3.05) is 37.9 Å². The van der Waals surface area contributed by atoms with Crippen LogP contribution in [0.15, 0.2) is 71.1 Å². The molecule has 0 unspecified atom stereocenters. The molecule has 0 radical (unpaired) electrons. The molecule has 8 heteroatoms. The normalized spacial score (nSPS) is 18.6. The van der Waals surface area contributed by atoms with Crippen LogP contribution in [-0.2, 0) is 32.3 Å². The molecule has 1 saturated heterocycles. The van der Waals surface area contributed by atoms with Crippen molar-refractivity contribution >= 4 is 27.5 Å². The summed E-state index contributed by atoms with van der Waals surface area (Å²) in [5, 5.41) is 2.98. The van der Waals surface area contributed by atoms with Gasteiger partial charge in [0.05, 0.1) is 17.3 Å². The molecule has 3 aromatic rings. The Kier molecular flexibility index (Phi) is 8.47. The number of hydrogen-bond donors (Lipinski definition) is 1. The molecular weight excluding hydrogens is 548 g/mol. The summed E-state index contributed by atoms with van der Waals surface area (Å²) in [5.41, 5.74) is 5.95. The molecule has 3 heterocycles. The molecular formula is C34H38N2O5S. The van der Waals surface area contributed by atoms with E-state index in [0.29, 0.717) is 22.9 Å². The highest BCUT2D eigenvalue weighted by molar-refractivity contribution is 7.91. The molecule has 42 heavy (non-hydrogen) atoms. The molecule has 0 aromatic heterocycles. The SMILES string of the molecule is CN(Cc1ccc(NC(=O)C2=Cc3cc(-c4ccc5c(c4)CCCCO5)ccc3S(=O)(=O)CC2)cc1)C1CCOCC1. The molecule has 7 nitrogen and oxygen atoms in total. The summed E-state index contributed by atoms with van der Waals surface area (Å²) in [6.45, 7) is 3.19. The van der Waals surface area contributed by atoms with E-state index in [9.17, 15) is 13.2 Å². The van der Waals surface area contributed by atoms with Gasteiger partial charge in [-0.3, -0.25) is 9.69 Å². The van der Waals surface area contributed by atoms with Crippen molar-refractivity contribution < 1.29 is 22.7 Å². The molecule has 0 saturated carbocycles. The average molecular weight is 587 g/mol. The first kappa shape index (κ1) is 28.6. The molecule has 0 spiro atoms. The van der Waals surface area contributed by atoms with Crippen LogP contribution in [0.5, 0.6) is 5.75 Å². The van der Waals surface area contributed by atoms with Crippen molar-refractivity contribution in [2.24, 2.45) is 0 Å². The molecule has 1 amide bonds. The summed E-state index contributed by atoms with van der Waals surface area (Å²) in [6, 6.07) is 20.0. The summed E-state index contributed by atoms with van der Waals surface area (Å²) in [7, 11) is -1.39. The molecule has 0 bridgehead atoms. The first-order valence-electron chi connectivity index (χ1n) is 14.9. The lowest BCUT2D eigenvalue weighted by molar-refractivity contribution is -0.112. The minimum atomic E-state index is -3.53. The number of anilines is 1. The molecule has 1 fully saturated rings. The van der Waals surface area contributed by atoms with Crippen LogP contribution in [0.1, 0.15) is 48.8 Å². The highest BCUT2D eigenvalue weighted by Crippen LogP contribution is 2.34. The molecule has 6 rings (SSSR count). The Hall–Kier alpha value is -3.46. The van der Waals surface area contributed by atoms with Gasteiger partial charge in [-0.05, 0) is 116 Å². The molecule has 0 atom stereocenters. The van der Waals surface area contributed by atoms with Crippen molar-refractivity contribution in [3.63, 3.8) is 0 Å². The third-order valence-electron chi connectivity index (χ3n) is 8.56. The van der Waals surface area contributed by atoms with Crippen LogP contribution in [0.4, 0.5) is 5.69 Å². The first-order valence-corrected chi connectivity index (χ1v) is 16.5. The van der Waals surface area contributed by atoms with Gasteiger partial charge in [0.15, 0.2) is 9.84 Å². The number of sulfone groups is 1. The van der Waals surface area contributed by atoms with Crippen molar-refractivity contribution in [1.82, 2.24) is 4.90 Å². The number of carbonyl (C=O) groups excluding carboxylic acids is 1. The van der Waals surface area contributed by atoms with Crippen molar-refractivity contribution in [3.05, 3.63) is 82.9 Å². The Morgan fingerprint density at radius 3 is 2.50 bits per heavy atom. The number of amides is 1. The third kappa shape index (κ3) is 6.46. The second kappa shape index (κ2) is 12.4. The van der Waals surface area contributed by atoms with E-state index in [1.165, 1.54) is 11.1 Å². The second-order valence-electron chi connectivity index (χ2n) is 11.5. The summed E-state index contributed by atoms with van der Waals surface area (Å²) in [6.07, 6.45) is 7.06. The molecule has 3 aliphatic rings. The van der Waals surface area contributed by atoms with Gasteiger partial charge in [-0.2, -0.15) is 0 Å². The number of nitrogens with one attached hydrogen (secondary N) is 1. The van der Waals surface area contributed by atoms with E-state index < -0.39 is 9.84 Å². The van der Waals surface area contributed by atoms with E-state index in [-0.39, 0.29) is 23.0 Å². The van der Waals surface area contributed by atoms with Crippen LogP contribution in [0.25, 0.3) is 17.2 Å². The van der Waals surface area contributed by atoms with Crippen molar-refractivity contribution in [3.8, 4) is 16.9 Å². The Morgan fingerprint density at radius 1 is 0.929 bits per heavy atom. The number of nitrogens with zero attached hydrogens (tertiary/aromatic N) is 1. The van der Waals surface area contributed by atoms with Crippen LogP contribution in [0, 0.1) is 0 Å². The molecule has 1 N–H and O–H groups in total. The zero-order chi connectivity index (χ0) is 29.1. The zero-order valence-electron chi connectivity index (χ0n) is 24.1. The van der Waals surface area contributed by atoms with Gasteiger partial charge >= 0.3 is 0 Å². The van der Waals surface area contributed by atoms with Crippen molar-refractivity contribution in [1.29, 1.82) is 0 Å². The molecule has 3 aromatic carbocycles. The van der Waals surface area contributed by atoms with E-state index in [1.54, 1.807) is 12.1 Å². The van der Waals surface area contributed by atoms with Gasteiger partial charge in [0.1, 0.15) is 5.75 Å². The fraction of sp³-hybridized carbons (Fsp3) is 0.382. The van der Waals surface area contributed by atoms with E-state index in [4.69, 9.17) is 9.47 Å². The number of benzene rings is 3. The monoisotopic (exact) mass is 586 g/mol. The first-order chi connectivity index (χ1) is 20.4. The van der Waals surface area contributed by atoms with Crippen molar-refractivity contribution in [2.45, 2.75) is 56.0 Å². The van der Waals surface area contributed by atoms with Gasteiger partial charge in [0, 0.05) is 37.1 Å². The minimum Gasteiger partial charge on any atom is -0.493 e. The smallest absolute Gasteiger partial charge is 0.251 e. The van der Waals surface area contributed by atoms with Gasteiger partial charge in [0.25, 0.3) is 5.91 Å². The van der Waals surface area contributed by atoms with Gasteiger partial charge in [-0.25, -0.2) is 8.42 Å². The Bertz CT molecular complexity index is 1590. The fourth-order valence-corrected chi connectivity index (χ4v) is 7.52. The van der Waals surface area contributed by atoms with Gasteiger partial charge in [0.2, 0.25) is 0 Å². The topological polar surface area (TPSA) is 84.9 Å². The summed E-state index contributed by atoms with van der Waals surface area (Å²) in [5.74, 6) is 0.538. The second-order valence-corrected chi connectivity index (χ2v) is 13.6. The molecule has 220 valence electrons. The van der Waals surface area contributed by atoms with E-state index >= 15 is 0 Å². The van der Waals surface area contributed by atoms with E-state index in [2.05, 4.69) is 23.3 Å². The number of aryl methyl sites for hydroxylation is 1. The van der Waals surface area contributed by atoms with E-state index in [1.807, 2.05) is 48.5 Å². The molecule has 3 aliphatic heterocycles. The summed E-state index contributed by atoms with van der Waals surface area (Å²) in [4.78, 5) is 16.0. The maximum absolute atomic E-state index is 13.4. The van der Waals surface area contributed by atoms with Gasteiger partial charge < -0.3 is 14.8 Å². The lowest BCUT2D eigenvalue weighted by Gasteiger charge is -2.31. The lowest BCUT2D eigenvalue weighted by atomic mass is 9.98. The van der Waals surface area contributed by atoms with Crippen LogP contribution in [0.3, 0.4) is 0 Å². The maximum Gasteiger partial charge on any atom is 0.251 e. The highest BCUT2D eigenvalue weighted by Gasteiger charge is 2.25. The fourth-order valence-electron chi connectivity index (χ4n) is 6.06. The molecule has 0 aliphatic carbocycles. The predicted molar refractivity (Wildman–Crippen MR) is 165 cm³/mol. The zero-order valence-corrected chi connectivity index (χ0v) is 24.9. The largest absolute Gasteiger partial charge is 0.493 e. The van der Waals surface area contributed by atoms with Crippen LogP contribution in [0.2, 0.25) is 0 Å². The van der Waals surface area contributed by atoms with Crippen LogP contribution < -0.4 is 10.1 Å². The average Bonchev–Trinajstić information content (AvgIpc) is 3.32. The predicted octanol–water partition coefficient (Wildman–Crippen LogP) is 5.88. The highest BCUT2D eigenvalue weighted by atomic mass is 32.2. The van der Waals surface area contributed by atoms with Gasteiger partial charge in [-0.1, -0.05) is 24.3 Å². The Morgan fingerprint density at radius 2 is 1.69 bits per heavy atom. The lowest BCUT2D eigenvalue weighted by Crippen LogP contribution is -2.36.